The van der Waals surface area contributed by atoms with Crippen molar-refractivity contribution in [1.82, 2.24) is 0 Å². The van der Waals surface area contributed by atoms with Gasteiger partial charge in [0.25, 0.3) is 0 Å². The summed E-state index contributed by atoms with van der Waals surface area (Å²) in [7, 11) is 0. The molecule has 0 aliphatic carbocycles. The lowest BCUT2D eigenvalue weighted by Gasteiger charge is -1.96. The Hall–Kier alpha value is 0.760. The third kappa shape index (κ3) is 2.54. The topological polar surface area (TPSA) is 17.1 Å². The molecule has 0 aromatic carbocycles. The van der Waals surface area contributed by atoms with Gasteiger partial charge in [-0.1, -0.05) is 0 Å². The van der Waals surface area contributed by atoms with Crippen LogP contribution < -0.4 is 0 Å². The fourth-order valence-electron chi connectivity index (χ4n) is 1.07. The summed E-state index contributed by atoms with van der Waals surface area (Å²) < 4.78 is 2.85. The second-order valence-corrected chi connectivity index (χ2v) is 8.49. The average molecular weight is 478 g/mol. The van der Waals surface area contributed by atoms with Crippen LogP contribution in [-0.2, 0) is 0 Å². The molecule has 2 aromatic heterocycles. The quantitative estimate of drug-likeness (QED) is 0.431. The second kappa shape index (κ2) is 4.95. The normalized spacial score (nSPS) is 10.6. The number of ketones is 1. The van der Waals surface area contributed by atoms with Gasteiger partial charge in [0.1, 0.15) is 0 Å². The molecule has 0 unspecified atom stereocenters. The molecule has 78 valence electrons. The lowest BCUT2D eigenvalue weighted by molar-refractivity contribution is 0.104. The standard InChI is InChI=1S/C9H3Br2IOS2/c10-6-3-4(9(11)15-6)7(13)8-5(12)1-2-14-8/h1-3H. The molecule has 0 aliphatic rings. The van der Waals surface area contributed by atoms with E-state index >= 15 is 0 Å². The van der Waals surface area contributed by atoms with Gasteiger partial charge in [-0.05, 0) is 72.0 Å². The highest BCUT2D eigenvalue weighted by Crippen LogP contribution is 2.34. The van der Waals surface area contributed by atoms with Crippen molar-refractivity contribution in [1.29, 1.82) is 0 Å². The maximum atomic E-state index is 12.1. The van der Waals surface area contributed by atoms with Gasteiger partial charge < -0.3 is 0 Å². The zero-order valence-electron chi connectivity index (χ0n) is 7.09. The summed E-state index contributed by atoms with van der Waals surface area (Å²) >= 11 is 11.9. The van der Waals surface area contributed by atoms with Crippen molar-refractivity contribution >= 4 is 82.9 Å². The van der Waals surface area contributed by atoms with Crippen molar-refractivity contribution < 1.29 is 4.79 Å². The maximum absolute atomic E-state index is 12.1. The van der Waals surface area contributed by atoms with E-state index in [-0.39, 0.29) is 5.78 Å². The summed E-state index contributed by atoms with van der Waals surface area (Å²) in [6.45, 7) is 0. The Balaban J connectivity index is 2.45. The smallest absolute Gasteiger partial charge is 0.206 e. The third-order valence-corrected chi connectivity index (χ3v) is 6.24. The lowest BCUT2D eigenvalue weighted by atomic mass is 10.2. The van der Waals surface area contributed by atoms with E-state index in [2.05, 4.69) is 54.5 Å². The summed E-state index contributed by atoms with van der Waals surface area (Å²) in [5, 5.41) is 1.93. The van der Waals surface area contributed by atoms with Crippen molar-refractivity contribution in [2.45, 2.75) is 0 Å². The number of thiophene rings is 2. The molecule has 6 heteroatoms. The Morgan fingerprint density at radius 2 is 2.13 bits per heavy atom. The zero-order valence-corrected chi connectivity index (χ0v) is 14.1. The molecule has 0 saturated heterocycles. The highest BCUT2D eigenvalue weighted by molar-refractivity contribution is 14.1. The number of hydrogen-bond donors (Lipinski definition) is 0. The molecule has 0 radical (unpaired) electrons. The van der Waals surface area contributed by atoms with Crippen LogP contribution in [-0.4, -0.2) is 5.78 Å². The molecule has 0 amide bonds. The summed E-state index contributed by atoms with van der Waals surface area (Å²) in [6, 6.07) is 3.81. The number of halogens is 3. The van der Waals surface area contributed by atoms with Gasteiger partial charge in [-0.15, -0.1) is 22.7 Å². The van der Waals surface area contributed by atoms with Gasteiger partial charge in [0.05, 0.1) is 12.4 Å². The van der Waals surface area contributed by atoms with Crippen molar-refractivity contribution in [2.24, 2.45) is 0 Å². The van der Waals surface area contributed by atoms with Crippen LogP contribution in [0.2, 0.25) is 0 Å². The van der Waals surface area contributed by atoms with Crippen LogP contribution in [0.3, 0.4) is 0 Å². The molecular formula is C9H3Br2IOS2. The average Bonchev–Trinajstić information content (AvgIpc) is 2.71. The van der Waals surface area contributed by atoms with Gasteiger partial charge in [-0.2, -0.15) is 0 Å². The summed E-state index contributed by atoms with van der Waals surface area (Å²) in [6.07, 6.45) is 0. The monoisotopic (exact) mass is 476 g/mol. The molecule has 0 aliphatic heterocycles. The van der Waals surface area contributed by atoms with E-state index in [1.54, 1.807) is 0 Å². The van der Waals surface area contributed by atoms with Gasteiger partial charge in [-0.25, -0.2) is 0 Å². The molecule has 15 heavy (non-hydrogen) atoms. The fraction of sp³-hybridized carbons (Fsp3) is 0. The van der Waals surface area contributed by atoms with Crippen LogP contribution in [0, 0.1) is 3.57 Å². The van der Waals surface area contributed by atoms with Crippen molar-refractivity contribution in [3.8, 4) is 0 Å². The molecule has 0 bridgehead atoms. The zero-order chi connectivity index (χ0) is 11.0. The summed E-state index contributed by atoms with van der Waals surface area (Å²) in [4.78, 5) is 12.9. The predicted octanol–water partition coefficient (Wildman–Crippen LogP) is 5.17. The Morgan fingerprint density at radius 3 is 2.60 bits per heavy atom. The largest absolute Gasteiger partial charge is 0.288 e. The third-order valence-electron chi connectivity index (χ3n) is 1.72. The number of hydrogen-bond acceptors (Lipinski definition) is 3. The number of carbonyl (C=O) groups is 1. The number of carbonyl (C=O) groups excluding carboxylic acids is 1. The molecule has 0 saturated carbocycles. The number of rotatable bonds is 2. The van der Waals surface area contributed by atoms with Gasteiger partial charge in [-0.3, -0.25) is 4.79 Å². The van der Waals surface area contributed by atoms with E-state index < -0.39 is 0 Å². The Kier molecular flexibility index (Phi) is 4.03. The van der Waals surface area contributed by atoms with Gasteiger partial charge in [0, 0.05) is 9.13 Å². The molecule has 2 heterocycles. The van der Waals surface area contributed by atoms with Gasteiger partial charge >= 0.3 is 0 Å². The molecule has 0 atom stereocenters. The van der Waals surface area contributed by atoms with Crippen LogP contribution in [0.4, 0.5) is 0 Å². The van der Waals surface area contributed by atoms with Crippen LogP contribution in [0.15, 0.2) is 25.1 Å². The van der Waals surface area contributed by atoms with Crippen LogP contribution >= 0.6 is 77.1 Å². The van der Waals surface area contributed by atoms with Gasteiger partial charge in [0.15, 0.2) is 0 Å². The van der Waals surface area contributed by atoms with E-state index in [1.807, 2.05) is 17.5 Å². The van der Waals surface area contributed by atoms with E-state index in [0.29, 0.717) is 0 Å². The van der Waals surface area contributed by atoms with Crippen LogP contribution in [0.5, 0.6) is 0 Å². The van der Waals surface area contributed by atoms with Crippen LogP contribution in [0.1, 0.15) is 15.2 Å². The fourth-order valence-corrected chi connectivity index (χ4v) is 5.65. The van der Waals surface area contributed by atoms with E-state index in [1.165, 1.54) is 22.7 Å². The van der Waals surface area contributed by atoms with Crippen molar-refractivity contribution in [2.75, 3.05) is 0 Å². The minimum absolute atomic E-state index is 0.0863. The molecule has 0 N–H and O–H groups in total. The molecule has 1 nitrogen and oxygen atoms in total. The first-order chi connectivity index (χ1) is 7.09. The van der Waals surface area contributed by atoms with E-state index in [4.69, 9.17) is 0 Å². The Morgan fingerprint density at radius 1 is 1.40 bits per heavy atom. The minimum atomic E-state index is 0.0863. The summed E-state index contributed by atoms with van der Waals surface area (Å²) in [5.74, 6) is 0.0863. The molecule has 2 aromatic rings. The second-order valence-electron chi connectivity index (χ2n) is 2.66. The predicted molar refractivity (Wildman–Crippen MR) is 80.2 cm³/mol. The molecule has 2 rings (SSSR count). The lowest BCUT2D eigenvalue weighted by Crippen LogP contribution is -1.98. The van der Waals surface area contributed by atoms with Gasteiger partial charge in [0.2, 0.25) is 5.78 Å². The first-order valence-electron chi connectivity index (χ1n) is 3.82. The van der Waals surface area contributed by atoms with Crippen molar-refractivity contribution in [3.63, 3.8) is 0 Å². The highest BCUT2D eigenvalue weighted by atomic mass is 127. The summed E-state index contributed by atoms with van der Waals surface area (Å²) in [5.41, 5.74) is 0.729. The Labute approximate surface area is 125 Å². The first kappa shape index (κ1) is 12.2. The molecular weight excluding hydrogens is 475 g/mol. The Bertz CT molecular complexity index is 518. The van der Waals surface area contributed by atoms with Crippen molar-refractivity contribution in [3.05, 3.63) is 39.1 Å². The minimum Gasteiger partial charge on any atom is -0.288 e. The first-order valence-corrected chi connectivity index (χ1v) is 8.18. The molecule has 0 spiro atoms. The van der Waals surface area contributed by atoms with E-state index in [0.717, 1.165) is 21.6 Å². The maximum Gasteiger partial charge on any atom is 0.206 e. The van der Waals surface area contributed by atoms with Crippen LogP contribution in [0.25, 0.3) is 0 Å². The van der Waals surface area contributed by atoms with E-state index in [9.17, 15) is 4.79 Å². The highest BCUT2D eigenvalue weighted by Gasteiger charge is 2.18. The SMILES string of the molecule is O=C(c1cc(Br)sc1Br)c1sccc1I. The molecule has 0 fully saturated rings.